The third kappa shape index (κ3) is 1.59. The molecule has 3 rings (SSSR count). The molecule has 2 unspecified atom stereocenters. The molecule has 1 N–H and O–H groups in total. The lowest BCUT2D eigenvalue weighted by molar-refractivity contribution is 0.167. The number of rotatable bonds is 2. The monoisotopic (exact) mass is 194 g/mol. The Balaban J connectivity index is 1.70. The Morgan fingerprint density at radius 2 is 2.00 bits per heavy atom. The summed E-state index contributed by atoms with van der Waals surface area (Å²) in [5.74, 6) is 0. The SMILES string of the molecule is CC1(CN2C3CCNCC2CC3)CC1. The number of fused-ring (bicyclic) bond motifs is 2. The van der Waals surface area contributed by atoms with Gasteiger partial charge in [0.15, 0.2) is 0 Å². The first kappa shape index (κ1) is 9.17. The fourth-order valence-corrected chi connectivity index (χ4v) is 3.15. The fourth-order valence-electron chi connectivity index (χ4n) is 3.15. The summed E-state index contributed by atoms with van der Waals surface area (Å²) in [6, 6.07) is 1.77. The molecule has 0 aromatic rings. The van der Waals surface area contributed by atoms with E-state index in [1.807, 2.05) is 0 Å². The van der Waals surface area contributed by atoms with Gasteiger partial charge < -0.3 is 5.32 Å². The van der Waals surface area contributed by atoms with Gasteiger partial charge in [0.05, 0.1) is 0 Å². The van der Waals surface area contributed by atoms with Crippen LogP contribution in [0.4, 0.5) is 0 Å². The van der Waals surface area contributed by atoms with Crippen molar-refractivity contribution in [2.45, 2.75) is 51.1 Å². The molecule has 0 radical (unpaired) electrons. The van der Waals surface area contributed by atoms with Gasteiger partial charge in [-0.15, -0.1) is 0 Å². The van der Waals surface area contributed by atoms with Crippen molar-refractivity contribution in [2.24, 2.45) is 5.41 Å². The summed E-state index contributed by atoms with van der Waals surface area (Å²) in [5.41, 5.74) is 0.700. The molecule has 80 valence electrons. The number of hydrogen-bond donors (Lipinski definition) is 1. The second-order valence-electron chi connectivity index (χ2n) is 5.86. The highest BCUT2D eigenvalue weighted by Gasteiger charge is 2.44. The second kappa shape index (κ2) is 3.21. The number of nitrogens with one attached hydrogen (secondary N) is 1. The van der Waals surface area contributed by atoms with Crippen LogP contribution < -0.4 is 5.32 Å². The largest absolute Gasteiger partial charge is 0.315 e. The summed E-state index contributed by atoms with van der Waals surface area (Å²) in [6.07, 6.45) is 7.22. The van der Waals surface area contributed by atoms with Gasteiger partial charge in [-0.05, 0) is 44.1 Å². The predicted octanol–water partition coefficient (Wildman–Crippen LogP) is 1.61. The van der Waals surface area contributed by atoms with Crippen LogP contribution in [0.5, 0.6) is 0 Å². The third-order valence-corrected chi connectivity index (χ3v) is 4.47. The molecule has 3 fully saturated rings. The molecular formula is C12H22N2. The quantitative estimate of drug-likeness (QED) is 0.718. The molecular weight excluding hydrogens is 172 g/mol. The predicted molar refractivity (Wildman–Crippen MR) is 58.3 cm³/mol. The lowest BCUT2D eigenvalue weighted by Crippen LogP contribution is -2.41. The van der Waals surface area contributed by atoms with Gasteiger partial charge >= 0.3 is 0 Å². The Morgan fingerprint density at radius 1 is 1.21 bits per heavy atom. The highest BCUT2D eigenvalue weighted by Crippen LogP contribution is 2.47. The first-order valence-corrected chi connectivity index (χ1v) is 6.23. The molecule has 2 aliphatic heterocycles. The van der Waals surface area contributed by atoms with Crippen molar-refractivity contribution < 1.29 is 0 Å². The maximum Gasteiger partial charge on any atom is 0.0224 e. The van der Waals surface area contributed by atoms with Gasteiger partial charge in [0.25, 0.3) is 0 Å². The van der Waals surface area contributed by atoms with Crippen LogP contribution in [-0.2, 0) is 0 Å². The van der Waals surface area contributed by atoms with E-state index < -0.39 is 0 Å². The molecule has 2 heteroatoms. The van der Waals surface area contributed by atoms with Crippen LogP contribution in [0.25, 0.3) is 0 Å². The third-order valence-electron chi connectivity index (χ3n) is 4.47. The van der Waals surface area contributed by atoms with E-state index in [-0.39, 0.29) is 0 Å². The Kier molecular flexibility index (Phi) is 2.10. The van der Waals surface area contributed by atoms with E-state index in [4.69, 9.17) is 0 Å². The summed E-state index contributed by atoms with van der Waals surface area (Å²) in [4.78, 5) is 2.83. The molecule has 0 amide bonds. The molecule has 0 spiro atoms. The molecule has 1 aliphatic carbocycles. The minimum atomic E-state index is 0.700. The first-order chi connectivity index (χ1) is 6.77. The van der Waals surface area contributed by atoms with Crippen molar-refractivity contribution in [1.29, 1.82) is 0 Å². The van der Waals surface area contributed by atoms with E-state index in [1.165, 1.54) is 51.7 Å². The van der Waals surface area contributed by atoms with E-state index in [0.29, 0.717) is 5.41 Å². The van der Waals surface area contributed by atoms with Crippen molar-refractivity contribution in [3.05, 3.63) is 0 Å². The smallest absolute Gasteiger partial charge is 0.0224 e. The standard InChI is InChI=1S/C12H22N2/c1-12(5-6-12)9-14-10-2-3-11(14)8-13-7-4-10/h10-11,13H,2-9H2,1H3. The summed E-state index contributed by atoms with van der Waals surface area (Å²) in [5, 5.41) is 3.57. The van der Waals surface area contributed by atoms with Gasteiger partial charge in [0.2, 0.25) is 0 Å². The van der Waals surface area contributed by atoms with Gasteiger partial charge in [-0.1, -0.05) is 6.92 Å². The van der Waals surface area contributed by atoms with E-state index in [0.717, 1.165) is 12.1 Å². The maximum absolute atomic E-state index is 3.57. The molecule has 3 aliphatic rings. The van der Waals surface area contributed by atoms with Gasteiger partial charge in [0, 0.05) is 25.2 Å². The average Bonchev–Trinajstić information content (AvgIpc) is 2.75. The number of nitrogens with zero attached hydrogens (tertiary/aromatic N) is 1. The molecule has 2 heterocycles. The maximum atomic E-state index is 3.57. The lowest BCUT2D eigenvalue weighted by atomic mass is 10.1. The van der Waals surface area contributed by atoms with Crippen molar-refractivity contribution >= 4 is 0 Å². The molecule has 0 aromatic heterocycles. The number of hydrogen-bond acceptors (Lipinski definition) is 2. The van der Waals surface area contributed by atoms with Crippen LogP contribution in [-0.4, -0.2) is 36.6 Å². The molecule has 2 bridgehead atoms. The topological polar surface area (TPSA) is 15.3 Å². The van der Waals surface area contributed by atoms with Crippen LogP contribution in [0.15, 0.2) is 0 Å². The Labute approximate surface area is 87.0 Å². The zero-order valence-electron chi connectivity index (χ0n) is 9.26. The molecule has 2 saturated heterocycles. The summed E-state index contributed by atoms with van der Waals surface area (Å²) in [6.45, 7) is 6.33. The van der Waals surface area contributed by atoms with Gasteiger partial charge in [-0.25, -0.2) is 0 Å². The van der Waals surface area contributed by atoms with Crippen LogP contribution >= 0.6 is 0 Å². The minimum absolute atomic E-state index is 0.700. The highest BCUT2D eigenvalue weighted by atomic mass is 15.2. The fraction of sp³-hybridized carbons (Fsp3) is 1.00. The van der Waals surface area contributed by atoms with E-state index in [1.54, 1.807) is 0 Å². The van der Waals surface area contributed by atoms with Crippen molar-refractivity contribution in [2.75, 3.05) is 19.6 Å². The van der Waals surface area contributed by atoms with E-state index in [9.17, 15) is 0 Å². The van der Waals surface area contributed by atoms with Crippen LogP contribution in [0, 0.1) is 5.41 Å². The Bertz CT molecular complexity index is 208. The summed E-state index contributed by atoms with van der Waals surface area (Å²) >= 11 is 0. The van der Waals surface area contributed by atoms with Crippen molar-refractivity contribution in [3.63, 3.8) is 0 Å². The average molecular weight is 194 g/mol. The van der Waals surface area contributed by atoms with Crippen molar-refractivity contribution in [3.8, 4) is 0 Å². The molecule has 2 atom stereocenters. The van der Waals surface area contributed by atoms with Crippen LogP contribution in [0.1, 0.15) is 39.0 Å². The Morgan fingerprint density at radius 3 is 2.79 bits per heavy atom. The van der Waals surface area contributed by atoms with Crippen LogP contribution in [0.2, 0.25) is 0 Å². The molecule has 14 heavy (non-hydrogen) atoms. The van der Waals surface area contributed by atoms with Crippen LogP contribution in [0.3, 0.4) is 0 Å². The normalized spacial score (nSPS) is 40.9. The molecule has 0 aromatic carbocycles. The highest BCUT2D eigenvalue weighted by molar-refractivity contribution is 4.98. The lowest BCUT2D eigenvalue weighted by Gasteiger charge is -2.30. The van der Waals surface area contributed by atoms with Gasteiger partial charge in [0.1, 0.15) is 0 Å². The zero-order chi connectivity index (χ0) is 9.60. The first-order valence-electron chi connectivity index (χ1n) is 6.23. The van der Waals surface area contributed by atoms with E-state index >= 15 is 0 Å². The van der Waals surface area contributed by atoms with Gasteiger partial charge in [-0.2, -0.15) is 0 Å². The summed E-state index contributed by atoms with van der Waals surface area (Å²) in [7, 11) is 0. The Hall–Kier alpha value is -0.0800. The van der Waals surface area contributed by atoms with E-state index in [2.05, 4.69) is 17.1 Å². The second-order valence-corrected chi connectivity index (χ2v) is 5.86. The molecule has 2 nitrogen and oxygen atoms in total. The summed E-state index contributed by atoms with van der Waals surface area (Å²) < 4.78 is 0. The minimum Gasteiger partial charge on any atom is -0.315 e. The molecule has 1 saturated carbocycles. The van der Waals surface area contributed by atoms with Crippen molar-refractivity contribution in [1.82, 2.24) is 10.2 Å². The van der Waals surface area contributed by atoms with Gasteiger partial charge in [-0.3, -0.25) is 4.90 Å². The zero-order valence-corrected chi connectivity index (χ0v) is 9.26.